The van der Waals surface area contributed by atoms with Crippen LogP contribution in [-0.4, -0.2) is 6.54 Å². The Labute approximate surface area is 384 Å². The fourth-order valence-electron chi connectivity index (χ4n) is 11.3. The van der Waals surface area contributed by atoms with Crippen LogP contribution in [0.15, 0.2) is 228 Å². The van der Waals surface area contributed by atoms with Gasteiger partial charge in [-0.1, -0.05) is 194 Å². The molecule has 2 heterocycles. The molecule has 0 aromatic heterocycles. The van der Waals surface area contributed by atoms with Gasteiger partial charge >= 0.3 is 0 Å². The highest BCUT2D eigenvalue weighted by Crippen LogP contribution is 2.58. The number of hydrogen-bond acceptors (Lipinski definition) is 3. The lowest BCUT2D eigenvalue weighted by molar-refractivity contribution is 0.756. The zero-order chi connectivity index (χ0) is 42.9. The molecule has 0 unspecified atom stereocenters. The van der Waals surface area contributed by atoms with E-state index in [2.05, 4.69) is 240 Å². The minimum atomic E-state index is -0.525. The van der Waals surface area contributed by atoms with E-state index in [-0.39, 0.29) is 0 Å². The second kappa shape index (κ2) is 15.3. The predicted molar refractivity (Wildman–Crippen MR) is 275 cm³/mol. The molecular weight excluding hydrogens is 805 g/mol. The number of anilines is 5. The standard InChI is InChI=1S/C62H44N2S/c1-3-20-44(21-4-1)62(45-22-5-2-6-23-45)54-40-42(34-37-50(54)51-38-35-46(41-55(51)62)63-39-17-19-43-18-7-12-28-56(43)63)33-36-49-47-24-8-10-26-52(47)61(53-27-11-9-25-48(49)53)64-57-29-13-15-31-59(57)65-60-32-16-14-30-58(60)64/h1-16,18,20-38,40-41H,17,19,39H2. The van der Waals surface area contributed by atoms with Crippen LogP contribution in [-0.2, 0) is 11.8 Å². The van der Waals surface area contributed by atoms with E-state index in [4.69, 9.17) is 0 Å². The molecule has 308 valence electrons. The lowest BCUT2D eigenvalue weighted by Gasteiger charge is -2.36. The Morgan fingerprint density at radius 1 is 0.446 bits per heavy atom. The highest BCUT2D eigenvalue weighted by Gasteiger charge is 2.46. The average Bonchev–Trinajstić information content (AvgIpc) is 3.67. The van der Waals surface area contributed by atoms with Crippen molar-refractivity contribution in [2.45, 2.75) is 28.0 Å². The van der Waals surface area contributed by atoms with Crippen molar-refractivity contribution >= 4 is 73.9 Å². The summed E-state index contributed by atoms with van der Waals surface area (Å²) in [6.07, 6.45) is 6.97. The minimum Gasteiger partial charge on any atom is -0.341 e. The van der Waals surface area contributed by atoms with Crippen molar-refractivity contribution in [3.05, 3.63) is 257 Å². The Balaban J connectivity index is 0.997. The lowest BCUT2D eigenvalue weighted by Crippen LogP contribution is -2.29. The van der Waals surface area contributed by atoms with Gasteiger partial charge in [0.1, 0.15) is 0 Å². The molecule has 10 aromatic carbocycles. The topological polar surface area (TPSA) is 6.48 Å². The van der Waals surface area contributed by atoms with Gasteiger partial charge in [0.25, 0.3) is 0 Å². The van der Waals surface area contributed by atoms with Gasteiger partial charge in [-0.05, 0) is 122 Å². The van der Waals surface area contributed by atoms with E-state index in [0.29, 0.717) is 0 Å². The smallest absolute Gasteiger partial charge is 0.0714 e. The van der Waals surface area contributed by atoms with Gasteiger partial charge in [0.05, 0.1) is 22.5 Å². The molecule has 13 rings (SSSR count). The van der Waals surface area contributed by atoms with E-state index in [9.17, 15) is 0 Å². The van der Waals surface area contributed by atoms with Crippen LogP contribution in [0.1, 0.15) is 45.4 Å². The quantitative estimate of drug-likeness (QED) is 0.122. The van der Waals surface area contributed by atoms with E-state index in [1.54, 1.807) is 0 Å². The molecule has 0 fully saturated rings. The first kappa shape index (κ1) is 37.9. The Morgan fingerprint density at radius 2 is 0.969 bits per heavy atom. The van der Waals surface area contributed by atoms with Crippen molar-refractivity contribution in [2.75, 3.05) is 16.3 Å². The first-order chi connectivity index (χ1) is 32.3. The zero-order valence-corrected chi connectivity index (χ0v) is 36.7. The third kappa shape index (κ3) is 5.89. The molecule has 2 nitrogen and oxygen atoms in total. The van der Waals surface area contributed by atoms with Crippen molar-refractivity contribution in [3.63, 3.8) is 0 Å². The molecule has 2 aliphatic heterocycles. The summed E-state index contributed by atoms with van der Waals surface area (Å²) in [7, 11) is 0. The number of nitrogens with zero attached hydrogens (tertiary/aromatic N) is 2. The van der Waals surface area contributed by atoms with Gasteiger partial charge in [0.2, 0.25) is 0 Å². The number of hydrogen-bond donors (Lipinski definition) is 0. The summed E-state index contributed by atoms with van der Waals surface area (Å²) in [5.74, 6) is 0. The first-order valence-corrected chi connectivity index (χ1v) is 23.6. The van der Waals surface area contributed by atoms with Crippen molar-refractivity contribution in [2.24, 2.45) is 0 Å². The van der Waals surface area contributed by atoms with Crippen molar-refractivity contribution in [1.29, 1.82) is 0 Å². The highest BCUT2D eigenvalue weighted by molar-refractivity contribution is 7.99. The van der Waals surface area contributed by atoms with Crippen molar-refractivity contribution in [1.82, 2.24) is 0 Å². The summed E-state index contributed by atoms with van der Waals surface area (Å²) in [5.41, 5.74) is 17.3. The molecule has 0 amide bonds. The summed E-state index contributed by atoms with van der Waals surface area (Å²) < 4.78 is 0. The van der Waals surface area contributed by atoms with E-state index in [0.717, 1.165) is 19.4 Å². The molecule has 65 heavy (non-hydrogen) atoms. The number of rotatable bonds is 6. The van der Waals surface area contributed by atoms with Gasteiger partial charge in [-0.3, -0.25) is 0 Å². The first-order valence-electron chi connectivity index (χ1n) is 22.8. The third-order valence-electron chi connectivity index (χ3n) is 14.0. The molecule has 0 radical (unpaired) electrons. The van der Waals surface area contributed by atoms with Crippen LogP contribution in [0.4, 0.5) is 28.4 Å². The summed E-state index contributed by atoms with van der Waals surface area (Å²) in [6.45, 7) is 1.00. The molecule has 3 aliphatic rings. The Kier molecular flexibility index (Phi) is 8.92. The van der Waals surface area contributed by atoms with Gasteiger partial charge in [0, 0.05) is 38.5 Å². The molecule has 0 spiro atoms. The summed E-state index contributed by atoms with van der Waals surface area (Å²) in [5, 5.41) is 4.92. The fourth-order valence-corrected chi connectivity index (χ4v) is 12.3. The third-order valence-corrected chi connectivity index (χ3v) is 15.2. The number of fused-ring (bicyclic) bond motifs is 8. The van der Waals surface area contributed by atoms with Gasteiger partial charge in [-0.15, -0.1) is 0 Å². The minimum absolute atomic E-state index is 0.525. The summed E-state index contributed by atoms with van der Waals surface area (Å²) >= 11 is 1.85. The van der Waals surface area contributed by atoms with E-state index in [1.807, 2.05) is 11.8 Å². The maximum Gasteiger partial charge on any atom is 0.0714 e. The highest BCUT2D eigenvalue weighted by atomic mass is 32.2. The Bertz CT molecular complexity index is 3380. The molecule has 1 aliphatic carbocycles. The normalized spacial score (nSPS) is 14.5. The fraction of sp³-hybridized carbons (Fsp3) is 0.0645. The van der Waals surface area contributed by atoms with Gasteiger partial charge in [0.15, 0.2) is 0 Å². The predicted octanol–water partition coefficient (Wildman–Crippen LogP) is 16.5. The SMILES string of the molecule is C(=Cc1c2ccccc2c(N2c3ccccc3Sc3ccccc32)c2ccccc12)c1ccc2c(c1)C(c1ccccc1)(c1ccccc1)c1cc(N3CCCc4ccccc43)ccc1-2. The molecule has 0 bridgehead atoms. The Morgan fingerprint density at radius 3 is 1.62 bits per heavy atom. The monoisotopic (exact) mass is 848 g/mol. The lowest BCUT2D eigenvalue weighted by atomic mass is 9.67. The van der Waals surface area contributed by atoms with Gasteiger partial charge in [-0.2, -0.15) is 0 Å². The number of aryl methyl sites for hydroxylation is 1. The average molecular weight is 849 g/mol. The molecule has 3 heteroatoms. The van der Waals surface area contributed by atoms with Gasteiger partial charge in [-0.25, -0.2) is 0 Å². The number of benzene rings is 10. The van der Waals surface area contributed by atoms with Crippen molar-refractivity contribution in [3.8, 4) is 11.1 Å². The zero-order valence-electron chi connectivity index (χ0n) is 35.9. The van der Waals surface area contributed by atoms with E-state index in [1.165, 1.54) is 110 Å². The largest absolute Gasteiger partial charge is 0.341 e. The molecule has 0 saturated heterocycles. The second-order valence-electron chi connectivity index (χ2n) is 17.5. The second-order valence-corrected chi connectivity index (χ2v) is 18.5. The Hall–Kier alpha value is -7.59. The van der Waals surface area contributed by atoms with Crippen molar-refractivity contribution < 1.29 is 0 Å². The summed E-state index contributed by atoms with van der Waals surface area (Å²) in [6, 6.07) is 81.3. The molecule has 0 atom stereocenters. The molecule has 0 saturated carbocycles. The van der Waals surface area contributed by atoms with Crippen LogP contribution in [0.5, 0.6) is 0 Å². The van der Waals surface area contributed by atoms with Crippen LogP contribution in [0.3, 0.4) is 0 Å². The molecule has 10 aromatic rings. The van der Waals surface area contributed by atoms with Crippen LogP contribution in [0, 0.1) is 0 Å². The van der Waals surface area contributed by atoms with E-state index >= 15 is 0 Å². The molecule has 0 N–H and O–H groups in total. The van der Waals surface area contributed by atoms with Crippen LogP contribution in [0.2, 0.25) is 0 Å². The maximum absolute atomic E-state index is 2.54. The van der Waals surface area contributed by atoms with Crippen LogP contribution in [0.25, 0.3) is 44.8 Å². The number of para-hydroxylation sites is 3. The maximum atomic E-state index is 2.54. The van der Waals surface area contributed by atoms with Crippen LogP contribution < -0.4 is 9.80 Å². The van der Waals surface area contributed by atoms with E-state index < -0.39 is 5.41 Å². The molecular formula is C62H44N2S. The van der Waals surface area contributed by atoms with Crippen LogP contribution >= 0.6 is 11.8 Å². The van der Waals surface area contributed by atoms with Gasteiger partial charge < -0.3 is 9.80 Å². The summed E-state index contributed by atoms with van der Waals surface area (Å²) in [4.78, 5) is 7.56.